The number of aliphatic hydroxyl groups is 2. The van der Waals surface area contributed by atoms with E-state index in [9.17, 15) is 18.7 Å². The Bertz CT molecular complexity index is 385. The maximum atomic E-state index is 11.0. The standard InChI is InChI=1S/C6H12O13P2/c7-1-5(9)3-15-20(11,12)18-17-19-21(13,14)16-4-6(10)2-8/h1-2,5-6,9-10H,3-4H2,(H,11,12)(H,13,14). The first-order valence-electron chi connectivity index (χ1n) is 4.88. The van der Waals surface area contributed by atoms with Gasteiger partial charge in [-0.15, -0.1) is 0 Å². The predicted molar refractivity (Wildman–Crippen MR) is 59.0 cm³/mol. The van der Waals surface area contributed by atoms with Gasteiger partial charge in [-0.2, -0.15) is 0 Å². The van der Waals surface area contributed by atoms with Crippen LogP contribution in [0.2, 0.25) is 0 Å². The molecule has 0 spiro atoms. The number of carbonyl (C=O) groups excluding carboxylic acids is 2. The van der Waals surface area contributed by atoms with Crippen molar-refractivity contribution in [2.45, 2.75) is 12.2 Å². The number of phosphoric acid groups is 2. The highest BCUT2D eigenvalue weighted by atomic mass is 31.2. The molecule has 0 aromatic carbocycles. The summed E-state index contributed by atoms with van der Waals surface area (Å²) in [5, 5.41) is 20.9. The van der Waals surface area contributed by atoms with Gasteiger partial charge in [0.15, 0.2) is 12.6 Å². The predicted octanol–water partition coefficient (Wildman–Crippen LogP) is -1.78. The van der Waals surface area contributed by atoms with Crippen LogP contribution in [0, 0.1) is 0 Å². The second-order valence-electron chi connectivity index (χ2n) is 3.15. The van der Waals surface area contributed by atoms with Gasteiger partial charge in [0.05, 0.1) is 13.2 Å². The molecule has 15 heteroatoms. The molecule has 0 heterocycles. The third-order valence-corrected chi connectivity index (χ3v) is 2.83. The fourth-order valence-corrected chi connectivity index (χ4v) is 1.58. The largest absolute Gasteiger partial charge is 0.501 e. The van der Waals surface area contributed by atoms with E-state index in [1.54, 1.807) is 0 Å². The zero-order valence-electron chi connectivity index (χ0n) is 10.1. The summed E-state index contributed by atoms with van der Waals surface area (Å²) in [5.41, 5.74) is 0. The first-order chi connectivity index (χ1) is 9.62. The lowest BCUT2D eigenvalue weighted by Gasteiger charge is -2.13. The summed E-state index contributed by atoms with van der Waals surface area (Å²) in [6.45, 7) is -1.83. The molecule has 0 aliphatic carbocycles. The molecular formula is C6H12O13P2. The molecule has 4 atom stereocenters. The second kappa shape index (κ2) is 9.46. The van der Waals surface area contributed by atoms with Crippen LogP contribution in [0.3, 0.4) is 0 Å². The molecule has 0 aromatic heterocycles. The van der Waals surface area contributed by atoms with Gasteiger partial charge in [0, 0.05) is 0 Å². The zero-order valence-corrected chi connectivity index (χ0v) is 11.9. The van der Waals surface area contributed by atoms with E-state index in [4.69, 9.17) is 20.0 Å². The lowest BCUT2D eigenvalue weighted by Crippen LogP contribution is -2.16. The van der Waals surface area contributed by atoms with E-state index in [0.29, 0.717) is 0 Å². The van der Waals surface area contributed by atoms with Gasteiger partial charge in [-0.25, -0.2) is 9.13 Å². The summed E-state index contributed by atoms with van der Waals surface area (Å²) in [4.78, 5) is 37.8. The lowest BCUT2D eigenvalue weighted by molar-refractivity contribution is -0.427. The SMILES string of the molecule is O=CC(O)COP(=O)(O)OOOP(=O)(O)OCC(O)C=O. The molecule has 0 aliphatic heterocycles. The number of rotatable bonds is 12. The summed E-state index contributed by atoms with van der Waals surface area (Å²) in [5.74, 6) is 0. The van der Waals surface area contributed by atoms with Crippen molar-refractivity contribution in [3.8, 4) is 0 Å². The summed E-state index contributed by atoms with van der Waals surface area (Å²) in [6, 6.07) is 0. The molecule has 124 valence electrons. The van der Waals surface area contributed by atoms with Crippen LogP contribution in [0.25, 0.3) is 0 Å². The van der Waals surface area contributed by atoms with Gasteiger partial charge in [-0.1, -0.05) is 9.35 Å². The number of aliphatic hydroxyl groups excluding tert-OH is 2. The Balaban J connectivity index is 4.09. The minimum Gasteiger partial charge on any atom is -0.383 e. The fraction of sp³-hybridized carbons (Fsp3) is 0.667. The number of aldehydes is 2. The fourth-order valence-electron chi connectivity index (χ4n) is 0.553. The van der Waals surface area contributed by atoms with E-state index < -0.39 is 41.1 Å². The van der Waals surface area contributed by atoms with Crippen molar-refractivity contribution in [2.24, 2.45) is 0 Å². The average molecular weight is 354 g/mol. The van der Waals surface area contributed by atoms with Crippen LogP contribution in [0.15, 0.2) is 0 Å². The average Bonchev–Trinajstić information content (AvgIpc) is 2.41. The number of carbonyl (C=O) groups is 2. The molecule has 0 saturated heterocycles. The van der Waals surface area contributed by atoms with Crippen LogP contribution in [-0.4, -0.2) is 58.0 Å². The highest BCUT2D eigenvalue weighted by Crippen LogP contribution is 2.48. The third kappa shape index (κ3) is 10.8. The van der Waals surface area contributed by atoms with E-state index in [2.05, 4.69) is 23.4 Å². The normalized spacial score (nSPS) is 20.0. The minimum absolute atomic E-state index is 0.00542. The highest BCUT2D eigenvalue weighted by Gasteiger charge is 2.30. The molecule has 0 aromatic rings. The number of phosphoric ester groups is 2. The number of hydrogen-bond acceptors (Lipinski definition) is 11. The van der Waals surface area contributed by atoms with Crippen LogP contribution in [-0.2, 0) is 42.2 Å². The Morgan fingerprint density at radius 3 is 1.48 bits per heavy atom. The molecule has 0 rings (SSSR count). The van der Waals surface area contributed by atoms with Gasteiger partial charge < -0.3 is 29.6 Å². The van der Waals surface area contributed by atoms with Crippen molar-refractivity contribution in [3.63, 3.8) is 0 Å². The summed E-state index contributed by atoms with van der Waals surface area (Å²) in [7, 11) is -9.90. The molecule has 4 N–H and O–H groups in total. The molecule has 0 fully saturated rings. The lowest BCUT2D eigenvalue weighted by atomic mass is 10.4. The van der Waals surface area contributed by atoms with Gasteiger partial charge in [0.2, 0.25) is 0 Å². The molecule has 0 bridgehead atoms. The smallest absolute Gasteiger partial charge is 0.383 e. The van der Waals surface area contributed by atoms with Crippen molar-refractivity contribution in [1.82, 2.24) is 0 Å². The first kappa shape index (κ1) is 20.4. The van der Waals surface area contributed by atoms with Crippen LogP contribution in [0.5, 0.6) is 0 Å². The maximum Gasteiger partial charge on any atom is 0.501 e. The topological polar surface area (TPSA) is 195 Å². The van der Waals surface area contributed by atoms with E-state index in [1.165, 1.54) is 0 Å². The van der Waals surface area contributed by atoms with Crippen molar-refractivity contribution in [2.75, 3.05) is 13.2 Å². The van der Waals surface area contributed by atoms with Gasteiger partial charge in [0.25, 0.3) is 0 Å². The Labute approximate surface area is 117 Å². The van der Waals surface area contributed by atoms with E-state index >= 15 is 0 Å². The molecule has 13 nitrogen and oxygen atoms in total. The summed E-state index contributed by atoms with van der Waals surface area (Å²) >= 11 is 0. The van der Waals surface area contributed by atoms with E-state index in [-0.39, 0.29) is 12.6 Å². The summed E-state index contributed by atoms with van der Waals surface area (Å²) < 4.78 is 37.2. The maximum absolute atomic E-state index is 11.0. The van der Waals surface area contributed by atoms with Crippen molar-refractivity contribution >= 4 is 28.2 Å². The van der Waals surface area contributed by atoms with Crippen molar-refractivity contribution < 1.29 is 62.2 Å². The first-order valence-corrected chi connectivity index (χ1v) is 7.87. The Morgan fingerprint density at radius 1 is 0.857 bits per heavy atom. The summed E-state index contributed by atoms with van der Waals surface area (Å²) in [6.07, 6.45) is -3.39. The van der Waals surface area contributed by atoms with Gasteiger partial charge >= 0.3 is 15.6 Å². The third-order valence-electron chi connectivity index (χ3n) is 1.38. The van der Waals surface area contributed by atoms with Gasteiger partial charge in [-0.3, -0.25) is 9.05 Å². The molecular weight excluding hydrogens is 342 g/mol. The molecule has 0 amide bonds. The number of hydrogen-bond donors (Lipinski definition) is 4. The van der Waals surface area contributed by atoms with Crippen LogP contribution in [0.1, 0.15) is 0 Å². The molecule has 4 unspecified atom stereocenters. The Kier molecular flexibility index (Phi) is 9.20. The van der Waals surface area contributed by atoms with Gasteiger partial charge in [-0.05, 0) is 5.04 Å². The van der Waals surface area contributed by atoms with E-state index in [0.717, 1.165) is 0 Å². The van der Waals surface area contributed by atoms with Gasteiger partial charge in [0.1, 0.15) is 12.2 Å². The van der Waals surface area contributed by atoms with Crippen LogP contribution >= 0.6 is 15.6 Å². The molecule has 0 radical (unpaired) electrons. The molecule has 0 saturated carbocycles. The molecule has 0 aliphatic rings. The van der Waals surface area contributed by atoms with Crippen LogP contribution in [0.4, 0.5) is 0 Å². The van der Waals surface area contributed by atoms with Crippen LogP contribution < -0.4 is 0 Å². The van der Waals surface area contributed by atoms with E-state index in [1.807, 2.05) is 0 Å². The minimum atomic E-state index is -4.95. The molecule has 21 heavy (non-hydrogen) atoms. The van der Waals surface area contributed by atoms with Crippen molar-refractivity contribution in [3.05, 3.63) is 0 Å². The second-order valence-corrected chi connectivity index (χ2v) is 5.84. The Hall–Kier alpha value is -0.560. The zero-order chi connectivity index (χ0) is 16.5. The van der Waals surface area contributed by atoms with Crippen molar-refractivity contribution in [1.29, 1.82) is 0 Å². The Morgan fingerprint density at radius 2 is 1.19 bits per heavy atom. The quantitative estimate of drug-likeness (QED) is 0.133. The monoisotopic (exact) mass is 354 g/mol. The highest BCUT2D eigenvalue weighted by molar-refractivity contribution is 7.47.